The quantitative estimate of drug-likeness (QED) is 0.788. The molecule has 1 amide bonds. The number of hydrogen-bond acceptors (Lipinski definition) is 3. The number of carbonyl (C=O) groups is 1. The first-order valence-electron chi connectivity index (χ1n) is 7.50. The maximum absolute atomic E-state index is 12.3. The van der Waals surface area contributed by atoms with E-state index in [1.165, 1.54) is 0 Å². The van der Waals surface area contributed by atoms with Gasteiger partial charge in [0.15, 0.2) is 0 Å². The lowest BCUT2D eigenvalue weighted by molar-refractivity contribution is 0.0939. The molecule has 0 aliphatic carbocycles. The summed E-state index contributed by atoms with van der Waals surface area (Å²) < 4.78 is 1.76. The molecule has 5 nitrogen and oxygen atoms in total. The van der Waals surface area contributed by atoms with Gasteiger partial charge >= 0.3 is 0 Å². The van der Waals surface area contributed by atoms with Gasteiger partial charge < -0.3 is 5.32 Å². The fraction of sp³-hybridized carbons (Fsp3) is 0.167. The molecular weight excluding hydrogens is 288 g/mol. The summed E-state index contributed by atoms with van der Waals surface area (Å²) in [5.41, 5.74) is 2.52. The van der Waals surface area contributed by atoms with Crippen molar-refractivity contribution >= 4 is 5.91 Å². The zero-order valence-electron chi connectivity index (χ0n) is 12.9. The van der Waals surface area contributed by atoms with Crippen LogP contribution in [0.4, 0.5) is 0 Å². The van der Waals surface area contributed by atoms with Crippen LogP contribution in [0.25, 0.3) is 0 Å². The monoisotopic (exact) mass is 306 g/mol. The van der Waals surface area contributed by atoms with Crippen LogP contribution in [0.15, 0.2) is 67.1 Å². The molecule has 116 valence electrons. The summed E-state index contributed by atoms with van der Waals surface area (Å²) in [5.74, 6) is -0.150. The van der Waals surface area contributed by atoms with E-state index >= 15 is 0 Å². The summed E-state index contributed by atoms with van der Waals surface area (Å²) in [5, 5.41) is 7.19. The normalized spacial score (nSPS) is 11.9. The van der Waals surface area contributed by atoms with Gasteiger partial charge in [-0.15, -0.1) is 0 Å². The Hall–Kier alpha value is -2.95. The van der Waals surface area contributed by atoms with E-state index in [1.54, 1.807) is 23.3 Å². The van der Waals surface area contributed by atoms with Crippen molar-refractivity contribution in [3.05, 3.63) is 83.9 Å². The maximum Gasteiger partial charge on any atom is 0.254 e. The lowest BCUT2D eigenvalue weighted by Gasteiger charge is -2.12. The first-order valence-corrected chi connectivity index (χ1v) is 7.50. The molecule has 2 aromatic heterocycles. The van der Waals surface area contributed by atoms with E-state index in [0.29, 0.717) is 12.1 Å². The maximum atomic E-state index is 12.3. The average molecular weight is 306 g/mol. The Labute approximate surface area is 135 Å². The van der Waals surface area contributed by atoms with Crippen LogP contribution in [0.2, 0.25) is 0 Å². The third-order valence-corrected chi connectivity index (χ3v) is 3.56. The summed E-state index contributed by atoms with van der Waals surface area (Å²) in [6.07, 6.45) is 5.06. The minimum absolute atomic E-state index is 0.150. The Balaban J connectivity index is 1.64. The van der Waals surface area contributed by atoms with E-state index in [-0.39, 0.29) is 11.9 Å². The molecule has 1 atom stereocenters. The molecule has 5 heteroatoms. The zero-order chi connectivity index (χ0) is 16.1. The third kappa shape index (κ3) is 3.83. The molecule has 0 bridgehead atoms. The van der Waals surface area contributed by atoms with Crippen molar-refractivity contribution in [1.29, 1.82) is 0 Å². The highest BCUT2D eigenvalue weighted by Crippen LogP contribution is 2.10. The number of amides is 1. The number of nitrogens with zero attached hydrogens (tertiary/aromatic N) is 3. The Bertz CT molecular complexity index is 768. The van der Waals surface area contributed by atoms with Crippen molar-refractivity contribution in [1.82, 2.24) is 20.1 Å². The second-order valence-electron chi connectivity index (χ2n) is 5.36. The predicted molar refractivity (Wildman–Crippen MR) is 87.9 cm³/mol. The van der Waals surface area contributed by atoms with Gasteiger partial charge in [-0.3, -0.25) is 14.5 Å². The van der Waals surface area contributed by atoms with Crippen molar-refractivity contribution in [2.45, 2.75) is 19.5 Å². The van der Waals surface area contributed by atoms with Gasteiger partial charge in [-0.05, 0) is 24.6 Å². The predicted octanol–water partition coefficient (Wildman–Crippen LogP) is 2.82. The number of carbonyl (C=O) groups excluding carboxylic acids is 1. The second kappa shape index (κ2) is 6.87. The fourth-order valence-electron chi connectivity index (χ4n) is 2.32. The van der Waals surface area contributed by atoms with E-state index < -0.39 is 0 Å². The smallest absolute Gasteiger partial charge is 0.254 e. The average Bonchev–Trinajstić information content (AvgIpc) is 3.05. The molecule has 1 N–H and O–H groups in total. The van der Waals surface area contributed by atoms with Gasteiger partial charge in [0.1, 0.15) is 0 Å². The highest BCUT2D eigenvalue weighted by molar-refractivity contribution is 5.93. The molecule has 0 aliphatic heterocycles. The van der Waals surface area contributed by atoms with E-state index in [1.807, 2.05) is 55.5 Å². The molecule has 0 spiro atoms. The lowest BCUT2D eigenvalue weighted by atomic mass is 10.2. The molecule has 0 fully saturated rings. The van der Waals surface area contributed by atoms with E-state index in [0.717, 1.165) is 11.3 Å². The Morgan fingerprint density at radius 3 is 2.70 bits per heavy atom. The highest BCUT2D eigenvalue weighted by Gasteiger charge is 2.13. The van der Waals surface area contributed by atoms with Crippen LogP contribution in [0, 0.1) is 0 Å². The molecular formula is C18H18N4O. The molecule has 23 heavy (non-hydrogen) atoms. The molecule has 1 aromatic carbocycles. The first kappa shape index (κ1) is 15.0. The highest BCUT2D eigenvalue weighted by atomic mass is 16.1. The van der Waals surface area contributed by atoms with Crippen molar-refractivity contribution in [2.75, 3.05) is 0 Å². The Morgan fingerprint density at radius 1 is 1.17 bits per heavy atom. The number of rotatable bonds is 5. The molecule has 0 saturated heterocycles. The fourth-order valence-corrected chi connectivity index (χ4v) is 2.32. The largest absolute Gasteiger partial charge is 0.344 e. The van der Waals surface area contributed by atoms with Gasteiger partial charge in [-0.1, -0.05) is 36.4 Å². The summed E-state index contributed by atoms with van der Waals surface area (Å²) in [4.78, 5) is 16.6. The Kier molecular flexibility index (Phi) is 4.47. The van der Waals surface area contributed by atoms with E-state index in [2.05, 4.69) is 15.4 Å². The third-order valence-electron chi connectivity index (χ3n) is 3.56. The van der Waals surface area contributed by atoms with Gasteiger partial charge in [0.2, 0.25) is 0 Å². The number of pyridine rings is 1. The van der Waals surface area contributed by atoms with E-state index in [4.69, 9.17) is 0 Å². The molecule has 3 rings (SSSR count). The first-order chi connectivity index (χ1) is 11.2. The molecule has 0 aliphatic rings. The van der Waals surface area contributed by atoms with Crippen LogP contribution < -0.4 is 5.32 Å². The van der Waals surface area contributed by atoms with Crippen LogP contribution in [0.1, 0.15) is 34.6 Å². The van der Waals surface area contributed by atoms with Crippen molar-refractivity contribution in [2.24, 2.45) is 0 Å². The number of nitrogens with one attached hydrogen (secondary N) is 1. The standard InChI is InChI=1S/C18H18N4O/c1-14(17-9-5-6-10-19-17)21-18(23)16-11-20-22(13-16)12-15-7-3-2-4-8-15/h2-11,13-14H,12H2,1H3,(H,21,23). The van der Waals surface area contributed by atoms with Crippen LogP contribution in [0.3, 0.4) is 0 Å². The topological polar surface area (TPSA) is 59.8 Å². The summed E-state index contributed by atoms with van der Waals surface area (Å²) in [6, 6.07) is 15.5. The SMILES string of the molecule is CC(NC(=O)c1cnn(Cc2ccccc2)c1)c1ccccn1. The van der Waals surface area contributed by atoms with Crippen LogP contribution in [-0.4, -0.2) is 20.7 Å². The van der Waals surface area contributed by atoms with Gasteiger partial charge in [0.05, 0.1) is 30.0 Å². The minimum Gasteiger partial charge on any atom is -0.344 e. The van der Waals surface area contributed by atoms with Crippen molar-refractivity contribution in [3.8, 4) is 0 Å². The van der Waals surface area contributed by atoms with E-state index in [9.17, 15) is 4.79 Å². The molecule has 1 unspecified atom stereocenters. The minimum atomic E-state index is -0.152. The number of benzene rings is 1. The molecule has 0 saturated carbocycles. The van der Waals surface area contributed by atoms with Crippen LogP contribution in [-0.2, 0) is 6.54 Å². The molecule has 3 aromatic rings. The van der Waals surface area contributed by atoms with Gasteiger partial charge in [0.25, 0.3) is 5.91 Å². The van der Waals surface area contributed by atoms with Gasteiger partial charge in [-0.25, -0.2) is 0 Å². The number of aromatic nitrogens is 3. The summed E-state index contributed by atoms with van der Waals surface area (Å²) in [6.45, 7) is 2.55. The van der Waals surface area contributed by atoms with Crippen molar-refractivity contribution in [3.63, 3.8) is 0 Å². The van der Waals surface area contributed by atoms with Gasteiger partial charge in [0, 0.05) is 12.4 Å². The second-order valence-corrected chi connectivity index (χ2v) is 5.36. The summed E-state index contributed by atoms with van der Waals surface area (Å²) >= 11 is 0. The molecule has 0 radical (unpaired) electrons. The lowest BCUT2D eigenvalue weighted by Crippen LogP contribution is -2.26. The Morgan fingerprint density at radius 2 is 1.96 bits per heavy atom. The van der Waals surface area contributed by atoms with Crippen LogP contribution in [0.5, 0.6) is 0 Å². The summed E-state index contributed by atoms with van der Waals surface area (Å²) in [7, 11) is 0. The van der Waals surface area contributed by atoms with Crippen LogP contribution >= 0.6 is 0 Å². The molecule has 2 heterocycles. The van der Waals surface area contributed by atoms with Gasteiger partial charge in [-0.2, -0.15) is 5.10 Å². The van der Waals surface area contributed by atoms with Crippen molar-refractivity contribution < 1.29 is 4.79 Å². The number of hydrogen-bond donors (Lipinski definition) is 1. The zero-order valence-corrected chi connectivity index (χ0v) is 12.9.